The van der Waals surface area contributed by atoms with Crippen LogP contribution in [0.15, 0.2) is 18.2 Å². The largest absolute Gasteiger partial charge is 0.399 e. The maximum Gasteiger partial charge on any atom is 0.106 e. The van der Waals surface area contributed by atoms with E-state index >= 15 is 0 Å². The lowest BCUT2D eigenvalue weighted by Gasteiger charge is -2.14. The zero-order chi connectivity index (χ0) is 12.0. The van der Waals surface area contributed by atoms with E-state index in [2.05, 4.69) is 9.55 Å². The van der Waals surface area contributed by atoms with Crippen molar-refractivity contribution >= 4 is 16.7 Å². The summed E-state index contributed by atoms with van der Waals surface area (Å²) in [4.78, 5) is 4.52. The minimum Gasteiger partial charge on any atom is -0.399 e. The van der Waals surface area contributed by atoms with Gasteiger partial charge in [0.15, 0.2) is 0 Å². The van der Waals surface area contributed by atoms with Gasteiger partial charge in [0, 0.05) is 17.6 Å². The summed E-state index contributed by atoms with van der Waals surface area (Å²) in [6.07, 6.45) is 2.22. The second-order valence-electron chi connectivity index (χ2n) is 5.15. The summed E-state index contributed by atoms with van der Waals surface area (Å²) >= 11 is 0. The van der Waals surface area contributed by atoms with E-state index in [1.54, 1.807) is 0 Å². The van der Waals surface area contributed by atoms with E-state index in [1.165, 1.54) is 0 Å². The highest BCUT2D eigenvalue weighted by molar-refractivity contribution is 5.79. The van der Waals surface area contributed by atoms with E-state index in [9.17, 15) is 5.11 Å². The maximum atomic E-state index is 9.41. The molecule has 1 aliphatic carbocycles. The summed E-state index contributed by atoms with van der Waals surface area (Å²) in [6, 6.07) is 5.81. The van der Waals surface area contributed by atoms with Crippen molar-refractivity contribution in [3.8, 4) is 0 Å². The Kier molecular flexibility index (Phi) is 2.16. The van der Waals surface area contributed by atoms with Crippen LogP contribution in [0.1, 0.15) is 18.7 Å². The summed E-state index contributed by atoms with van der Waals surface area (Å²) < 4.78 is 2.19. The van der Waals surface area contributed by atoms with Crippen molar-refractivity contribution in [1.82, 2.24) is 9.55 Å². The second-order valence-corrected chi connectivity index (χ2v) is 5.15. The number of aliphatic hydroxyl groups is 1. The van der Waals surface area contributed by atoms with Gasteiger partial charge in [0.25, 0.3) is 0 Å². The van der Waals surface area contributed by atoms with Crippen LogP contribution in [-0.4, -0.2) is 21.3 Å². The molecule has 0 atom stereocenters. The van der Waals surface area contributed by atoms with Gasteiger partial charge in [0.1, 0.15) is 5.82 Å². The molecule has 0 spiro atoms. The Labute approximate surface area is 100 Å². The smallest absolute Gasteiger partial charge is 0.106 e. The van der Waals surface area contributed by atoms with Crippen LogP contribution in [-0.2, 0) is 6.54 Å². The molecule has 17 heavy (non-hydrogen) atoms. The number of fused-ring (bicyclic) bond motifs is 1. The first-order valence-corrected chi connectivity index (χ1v) is 5.97. The number of rotatable bonds is 3. The number of aryl methyl sites for hydroxylation is 1. The quantitative estimate of drug-likeness (QED) is 0.790. The highest BCUT2D eigenvalue weighted by Gasteiger charge is 2.42. The Bertz CT molecular complexity index is 569. The first kappa shape index (κ1) is 10.6. The number of aliphatic hydroxyl groups excluding tert-OH is 1. The maximum absolute atomic E-state index is 9.41. The van der Waals surface area contributed by atoms with Crippen molar-refractivity contribution in [3.63, 3.8) is 0 Å². The van der Waals surface area contributed by atoms with Crippen molar-refractivity contribution < 1.29 is 5.11 Å². The molecule has 3 N–H and O–H groups in total. The minimum atomic E-state index is 0.0970. The normalized spacial score (nSPS) is 17.5. The van der Waals surface area contributed by atoms with Crippen LogP contribution in [0.25, 0.3) is 11.0 Å². The van der Waals surface area contributed by atoms with E-state index in [1.807, 2.05) is 25.1 Å². The molecule has 3 rings (SSSR count). The van der Waals surface area contributed by atoms with Crippen molar-refractivity contribution in [2.75, 3.05) is 12.3 Å². The van der Waals surface area contributed by atoms with Gasteiger partial charge in [-0.15, -0.1) is 0 Å². The third-order valence-corrected chi connectivity index (χ3v) is 3.75. The predicted molar refractivity (Wildman–Crippen MR) is 67.6 cm³/mol. The number of hydrogen-bond donors (Lipinski definition) is 2. The van der Waals surface area contributed by atoms with E-state index in [0.717, 1.165) is 41.9 Å². The fraction of sp³-hybridized carbons (Fsp3) is 0.462. The fourth-order valence-electron chi connectivity index (χ4n) is 2.35. The number of hydrogen-bond acceptors (Lipinski definition) is 3. The van der Waals surface area contributed by atoms with Gasteiger partial charge >= 0.3 is 0 Å². The molecule has 0 saturated heterocycles. The SMILES string of the molecule is Cc1nc2cc(N)ccc2n1CC1(CO)CC1. The number of nitrogen functional groups attached to an aromatic ring is 1. The molecule has 1 aliphatic rings. The Hall–Kier alpha value is -1.55. The fourth-order valence-corrected chi connectivity index (χ4v) is 2.35. The first-order valence-electron chi connectivity index (χ1n) is 5.97. The molecule has 1 aromatic carbocycles. The van der Waals surface area contributed by atoms with E-state index in [4.69, 9.17) is 5.73 Å². The molecule has 4 nitrogen and oxygen atoms in total. The molecule has 0 bridgehead atoms. The number of imidazole rings is 1. The van der Waals surface area contributed by atoms with Crippen LogP contribution in [0.5, 0.6) is 0 Å². The second kappa shape index (κ2) is 3.47. The number of anilines is 1. The van der Waals surface area contributed by atoms with Crippen molar-refractivity contribution in [3.05, 3.63) is 24.0 Å². The van der Waals surface area contributed by atoms with Crippen molar-refractivity contribution in [2.24, 2.45) is 5.41 Å². The summed E-state index contributed by atoms with van der Waals surface area (Å²) in [5.41, 5.74) is 8.65. The van der Waals surface area contributed by atoms with Crippen LogP contribution in [0.2, 0.25) is 0 Å². The Balaban J connectivity index is 2.06. The summed E-state index contributed by atoms with van der Waals surface area (Å²) in [7, 11) is 0. The molecule has 1 aromatic heterocycles. The number of nitrogens with zero attached hydrogens (tertiary/aromatic N) is 2. The molecule has 0 aliphatic heterocycles. The van der Waals surface area contributed by atoms with Gasteiger partial charge in [-0.3, -0.25) is 0 Å². The lowest BCUT2D eigenvalue weighted by atomic mass is 10.1. The Morgan fingerprint density at radius 2 is 2.24 bits per heavy atom. The number of aromatic nitrogens is 2. The lowest BCUT2D eigenvalue weighted by molar-refractivity contribution is 0.195. The number of nitrogens with two attached hydrogens (primary N) is 1. The van der Waals surface area contributed by atoms with Crippen LogP contribution in [0.4, 0.5) is 5.69 Å². The van der Waals surface area contributed by atoms with Crippen LogP contribution in [0.3, 0.4) is 0 Å². The van der Waals surface area contributed by atoms with Crippen LogP contribution < -0.4 is 5.73 Å². The Morgan fingerprint density at radius 3 is 2.88 bits per heavy atom. The molecule has 90 valence electrons. The van der Waals surface area contributed by atoms with Gasteiger partial charge in [-0.1, -0.05) is 0 Å². The standard InChI is InChI=1S/C13H17N3O/c1-9-15-11-6-10(14)2-3-12(11)16(9)7-13(8-17)4-5-13/h2-3,6,17H,4-5,7-8,14H2,1H3. The van der Waals surface area contributed by atoms with Crippen LogP contribution in [0, 0.1) is 12.3 Å². The van der Waals surface area contributed by atoms with Gasteiger partial charge in [-0.25, -0.2) is 4.98 Å². The van der Waals surface area contributed by atoms with Crippen molar-refractivity contribution in [1.29, 1.82) is 0 Å². The molecule has 0 radical (unpaired) electrons. The van der Waals surface area contributed by atoms with Gasteiger partial charge in [-0.05, 0) is 38.0 Å². The van der Waals surface area contributed by atoms with E-state index < -0.39 is 0 Å². The molecule has 1 heterocycles. The molecule has 2 aromatic rings. The topological polar surface area (TPSA) is 64.1 Å². The summed E-state index contributed by atoms with van der Waals surface area (Å²) in [6.45, 7) is 3.13. The molecule has 0 unspecified atom stereocenters. The first-order chi connectivity index (χ1) is 8.13. The average Bonchev–Trinajstić information content (AvgIpc) is 3.01. The summed E-state index contributed by atoms with van der Waals surface area (Å²) in [5, 5.41) is 9.41. The van der Waals surface area contributed by atoms with Gasteiger partial charge in [-0.2, -0.15) is 0 Å². The van der Waals surface area contributed by atoms with E-state index in [-0.39, 0.29) is 12.0 Å². The van der Waals surface area contributed by atoms with Gasteiger partial charge in [0.05, 0.1) is 17.6 Å². The zero-order valence-corrected chi connectivity index (χ0v) is 9.98. The zero-order valence-electron chi connectivity index (χ0n) is 9.98. The van der Waals surface area contributed by atoms with Gasteiger partial charge < -0.3 is 15.4 Å². The third kappa shape index (κ3) is 1.69. The minimum absolute atomic E-state index is 0.0970. The number of benzene rings is 1. The molecule has 1 saturated carbocycles. The molecular weight excluding hydrogens is 214 g/mol. The highest BCUT2D eigenvalue weighted by Crippen LogP contribution is 2.47. The van der Waals surface area contributed by atoms with E-state index in [0.29, 0.717) is 0 Å². The molecule has 0 amide bonds. The highest BCUT2D eigenvalue weighted by atomic mass is 16.3. The lowest BCUT2D eigenvalue weighted by Crippen LogP contribution is -2.16. The summed E-state index contributed by atoms with van der Waals surface area (Å²) in [5.74, 6) is 0.991. The third-order valence-electron chi connectivity index (χ3n) is 3.75. The molecular formula is C13H17N3O. The molecule has 4 heteroatoms. The van der Waals surface area contributed by atoms with Gasteiger partial charge in [0.2, 0.25) is 0 Å². The monoisotopic (exact) mass is 231 g/mol. The molecule has 1 fully saturated rings. The van der Waals surface area contributed by atoms with Crippen molar-refractivity contribution in [2.45, 2.75) is 26.3 Å². The van der Waals surface area contributed by atoms with Crippen LogP contribution >= 0.6 is 0 Å². The predicted octanol–water partition coefficient (Wildman–Crippen LogP) is 1.70. The Morgan fingerprint density at radius 1 is 1.47 bits per heavy atom. The average molecular weight is 231 g/mol.